The quantitative estimate of drug-likeness (QED) is 0.922. The molecule has 1 fully saturated rings. The van der Waals surface area contributed by atoms with E-state index in [-0.39, 0.29) is 10.6 Å². The predicted octanol–water partition coefficient (Wildman–Crippen LogP) is 1.91. The van der Waals surface area contributed by atoms with E-state index in [4.69, 9.17) is 0 Å². The summed E-state index contributed by atoms with van der Waals surface area (Å²) in [6.45, 7) is 3.10. The summed E-state index contributed by atoms with van der Waals surface area (Å²) < 4.78 is 26.3. The van der Waals surface area contributed by atoms with Crippen molar-refractivity contribution in [2.75, 3.05) is 18.8 Å². The first-order valence-electron chi connectivity index (χ1n) is 5.95. The van der Waals surface area contributed by atoms with Crippen LogP contribution in [0.1, 0.15) is 13.3 Å². The zero-order valence-corrected chi connectivity index (χ0v) is 11.9. The van der Waals surface area contributed by atoms with Gasteiger partial charge in [0.05, 0.1) is 0 Å². The molecule has 100 valence electrons. The van der Waals surface area contributed by atoms with Gasteiger partial charge < -0.3 is 5.11 Å². The molecule has 1 atom stereocenters. The molecule has 1 aromatic carbocycles. The topological polar surface area (TPSA) is 57.6 Å². The zero-order valence-electron chi connectivity index (χ0n) is 10.2. The van der Waals surface area contributed by atoms with Crippen molar-refractivity contribution in [3.8, 4) is 5.75 Å². The van der Waals surface area contributed by atoms with Crippen LogP contribution in [0.5, 0.6) is 5.75 Å². The maximum atomic E-state index is 12.4. The van der Waals surface area contributed by atoms with Crippen molar-refractivity contribution in [2.45, 2.75) is 23.5 Å². The number of benzene rings is 1. The maximum Gasteiger partial charge on any atom is 0.246 e. The van der Waals surface area contributed by atoms with Gasteiger partial charge in [-0.05, 0) is 18.6 Å². The van der Waals surface area contributed by atoms with Gasteiger partial charge >= 0.3 is 0 Å². The number of thioether (sulfide) groups is 1. The normalized spacial score (nSPS) is 21.9. The molecule has 0 aromatic heterocycles. The van der Waals surface area contributed by atoms with Gasteiger partial charge in [0.15, 0.2) is 0 Å². The Morgan fingerprint density at radius 1 is 1.44 bits per heavy atom. The van der Waals surface area contributed by atoms with Crippen molar-refractivity contribution in [3.63, 3.8) is 0 Å². The second kappa shape index (κ2) is 5.50. The summed E-state index contributed by atoms with van der Waals surface area (Å²) in [5, 5.41) is 10.0. The second-order valence-electron chi connectivity index (χ2n) is 4.23. The molecule has 18 heavy (non-hydrogen) atoms. The van der Waals surface area contributed by atoms with Crippen LogP contribution in [0.4, 0.5) is 0 Å². The van der Waals surface area contributed by atoms with E-state index in [0.29, 0.717) is 18.3 Å². The third kappa shape index (κ3) is 2.65. The van der Waals surface area contributed by atoms with Crippen molar-refractivity contribution in [3.05, 3.63) is 24.3 Å². The van der Waals surface area contributed by atoms with Gasteiger partial charge in [-0.25, -0.2) is 8.42 Å². The molecular formula is C12H17NO3S2. The molecule has 1 aliphatic rings. The average molecular weight is 287 g/mol. The van der Waals surface area contributed by atoms with Crippen LogP contribution in [0.25, 0.3) is 0 Å². The highest BCUT2D eigenvalue weighted by molar-refractivity contribution is 8.00. The minimum atomic E-state index is -3.57. The molecule has 0 bridgehead atoms. The fraction of sp³-hybridized carbons (Fsp3) is 0.500. The number of phenols is 1. The number of phenolic OH excluding ortho intramolecular Hbond substituents is 1. The molecule has 1 N–H and O–H groups in total. The standard InChI is InChI=1S/C12H17NO3S2/c1-2-10-9-13(7-8-17-10)18(15,16)12-6-4-3-5-11(12)14/h3-6,10,14H,2,7-9H2,1H3. The first-order chi connectivity index (χ1) is 8.55. The molecule has 6 heteroatoms. The number of para-hydroxylation sites is 1. The molecule has 0 saturated carbocycles. The van der Waals surface area contributed by atoms with Gasteiger partial charge in [-0.1, -0.05) is 19.1 Å². The molecule has 0 radical (unpaired) electrons. The van der Waals surface area contributed by atoms with Crippen LogP contribution >= 0.6 is 11.8 Å². The molecule has 1 aromatic rings. The monoisotopic (exact) mass is 287 g/mol. The lowest BCUT2D eigenvalue weighted by Gasteiger charge is -2.31. The lowest BCUT2D eigenvalue weighted by molar-refractivity contribution is 0.408. The Bertz CT molecular complexity index is 516. The van der Waals surface area contributed by atoms with E-state index >= 15 is 0 Å². The predicted molar refractivity (Wildman–Crippen MR) is 73.4 cm³/mol. The van der Waals surface area contributed by atoms with Gasteiger partial charge in [0.25, 0.3) is 0 Å². The SMILES string of the molecule is CCC1CN(S(=O)(=O)c2ccccc2O)CCS1. The summed E-state index contributed by atoms with van der Waals surface area (Å²) in [4.78, 5) is 0.00625. The summed E-state index contributed by atoms with van der Waals surface area (Å²) in [5.74, 6) is 0.634. The zero-order chi connectivity index (χ0) is 13.2. The Kier molecular flexibility index (Phi) is 4.19. The van der Waals surface area contributed by atoms with Gasteiger partial charge in [0.1, 0.15) is 10.6 Å². The van der Waals surface area contributed by atoms with Crippen molar-refractivity contribution < 1.29 is 13.5 Å². The second-order valence-corrected chi connectivity index (χ2v) is 7.55. The van der Waals surface area contributed by atoms with E-state index in [2.05, 4.69) is 6.92 Å². The van der Waals surface area contributed by atoms with E-state index in [1.165, 1.54) is 16.4 Å². The van der Waals surface area contributed by atoms with Crippen LogP contribution in [0, 0.1) is 0 Å². The number of nitrogens with zero attached hydrogens (tertiary/aromatic N) is 1. The molecule has 0 amide bonds. The van der Waals surface area contributed by atoms with Crippen molar-refractivity contribution in [2.24, 2.45) is 0 Å². The third-order valence-corrected chi connectivity index (χ3v) is 6.32. The number of hydrogen-bond acceptors (Lipinski definition) is 4. The van der Waals surface area contributed by atoms with Gasteiger partial charge in [-0.2, -0.15) is 16.1 Å². The molecule has 1 saturated heterocycles. The number of rotatable bonds is 3. The Balaban J connectivity index is 2.29. The first kappa shape index (κ1) is 13.7. The number of hydrogen-bond donors (Lipinski definition) is 1. The van der Waals surface area contributed by atoms with E-state index in [0.717, 1.165) is 12.2 Å². The summed E-state index contributed by atoms with van der Waals surface area (Å²) in [7, 11) is -3.57. The summed E-state index contributed by atoms with van der Waals surface area (Å²) in [6.07, 6.45) is 0.956. The molecule has 0 aliphatic carbocycles. The van der Waals surface area contributed by atoms with Crippen molar-refractivity contribution in [1.29, 1.82) is 0 Å². The number of sulfonamides is 1. The van der Waals surface area contributed by atoms with Crippen molar-refractivity contribution >= 4 is 21.8 Å². The largest absolute Gasteiger partial charge is 0.507 e. The van der Waals surface area contributed by atoms with Crippen LogP contribution in [0.15, 0.2) is 29.2 Å². The molecule has 0 spiro atoms. The minimum Gasteiger partial charge on any atom is -0.507 e. The van der Waals surface area contributed by atoms with Crippen LogP contribution in [0.3, 0.4) is 0 Å². The van der Waals surface area contributed by atoms with Crippen LogP contribution < -0.4 is 0 Å². The number of aromatic hydroxyl groups is 1. The van der Waals surface area contributed by atoms with Gasteiger partial charge in [0.2, 0.25) is 10.0 Å². The fourth-order valence-electron chi connectivity index (χ4n) is 1.97. The maximum absolute atomic E-state index is 12.4. The highest BCUT2D eigenvalue weighted by Crippen LogP contribution is 2.29. The smallest absolute Gasteiger partial charge is 0.246 e. The third-order valence-electron chi connectivity index (χ3n) is 3.04. The van der Waals surface area contributed by atoms with Crippen LogP contribution in [-0.2, 0) is 10.0 Å². The highest BCUT2D eigenvalue weighted by atomic mass is 32.2. The molecule has 1 unspecified atom stereocenters. The molecule has 4 nitrogen and oxygen atoms in total. The minimum absolute atomic E-state index is 0.00625. The van der Waals surface area contributed by atoms with E-state index < -0.39 is 10.0 Å². The van der Waals surface area contributed by atoms with E-state index in [9.17, 15) is 13.5 Å². The molecule has 2 rings (SSSR count). The van der Waals surface area contributed by atoms with E-state index in [1.807, 2.05) is 11.8 Å². The lowest BCUT2D eigenvalue weighted by atomic mass is 10.3. The van der Waals surface area contributed by atoms with Gasteiger partial charge in [0, 0.05) is 24.1 Å². The van der Waals surface area contributed by atoms with E-state index in [1.54, 1.807) is 12.1 Å². The fourth-order valence-corrected chi connectivity index (χ4v) is 4.93. The Morgan fingerprint density at radius 3 is 2.83 bits per heavy atom. The Labute approximate surface area is 112 Å². The van der Waals surface area contributed by atoms with Crippen LogP contribution in [-0.4, -0.2) is 41.9 Å². The molecule has 1 aliphatic heterocycles. The summed E-state index contributed by atoms with van der Waals surface area (Å²) >= 11 is 1.81. The Hall–Kier alpha value is -0.720. The summed E-state index contributed by atoms with van der Waals surface area (Å²) in [5.41, 5.74) is 0. The first-order valence-corrected chi connectivity index (χ1v) is 8.44. The van der Waals surface area contributed by atoms with Gasteiger partial charge in [-0.3, -0.25) is 0 Å². The Morgan fingerprint density at radius 2 is 2.17 bits per heavy atom. The lowest BCUT2D eigenvalue weighted by Crippen LogP contribution is -2.41. The van der Waals surface area contributed by atoms with Gasteiger partial charge in [-0.15, -0.1) is 0 Å². The molecule has 1 heterocycles. The highest BCUT2D eigenvalue weighted by Gasteiger charge is 2.31. The van der Waals surface area contributed by atoms with Crippen LogP contribution in [0.2, 0.25) is 0 Å². The van der Waals surface area contributed by atoms with Crippen molar-refractivity contribution in [1.82, 2.24) is 4.31 Å². The average Bonchev–Trinajstić information content (AvgIpc) is 2.39. The molecular weight excluding hydrogens is 270 g/mol. The summed E-state index contributed by atoms with van der Waals surface area (Å²) in [6, 6.07) is 6.11.